The Hall–Kier alpha value is -2.68. The van der Waals surface area contributed by atoms with Crippen LogP contribution in [0.5, 0.6) is 5.75 Å². The van der Waals surface area contributed by atoms with Crippen molar-refractivity contribution in [3.63, 3.8) is 0 Å². The number of carbonyl (C=O) groups excluding carboxylic acids is 1. The van der Waals surface area contributed by atoms with Crippen molar-refractivity contribution in [3.8, 4) is 17.1 Å². The molecular weight excluding hydrogens is 514 g/mol. The Kier molecular flexibility index (Phi) is 7.91. The first-order chi connectivity index (χ1) is 18.6. The van der Waals surface area contributed by atoms with E-state index in [1.807, 2.05) is 13.8 Å². The van der Waals surface area contributed by atoms with Crippen LogP contribution in [0.25, 0.3) is 17.0 Å². The zero-order valence-corrected chi connectivity index (χ0v) is 24.2. The number of rotatable bonds is 10. The summed E-state index contributed by atoms with van der Waals surface area (Å²) in [5, 5.41) is 10.6. The third-order valence-corrected chi connectivity index (χ3v) is 8.77. The van der Waals surface area contributed by atoms with Crippen LogP contribution in [-0.2, 0) is 4.79 Å². The number of anilines is 1. The number of nitrogens with two attached hydrogens (primary N) is 1. The fraction of sp³-hybridized carbons (Fsp3) is 0.567. The Morgan fingerprint density at radius 1 is 1.26 bits per heavy atom. The van der Waals surface area contributed by atoms with Gasteiger partial charge in [0.1, 0.15) is 18.2 Å². The lowest BCUT2D eigenvalue weighted by Gasteiger charge is -2.62. The van der Waals surface area contributed by atoms with Crippen molar-refractivity contribution in [2.24, 2.45) is 11.1 Å². The molecule has 2 saturated heterocycles. The minimum absolute atomic E-state index is 0.141. The summed E-state index contributed by atoms with van der Waals surface area (Å²) in [6.45, 7) is 11.8. The number of hydrogen-bond donors (Lipinski definition) is 2. The molecule has 3 fully saturated rings. The van der Waals surface area contributed by atoms with E-state index in [2.05, 4.69) is 9.80 Å². The highest BCUT2D eigenvalue weighted by molar-refractivity contribution is 6.33. The minimum atomic E-state index is -0.537. The van der Waals surface area contributed by atoms with E-state index in [-0.39, 0.29) is 12.4 Å². The number of ether oxygens (including phenoxy) is 1. The van der Waals surface area contributed by atoms with Crippen LogP contribution in [0.1, 0.15) is 64.1 Å². The molecule has 39 heavy (non-hydrogen) atoms. The van der Waals surface area contributed by atoms with E-state index < -0.39 is 6.10 Å². The molecule has 1 spiro atoms. The number of aliphatic hydroxyl groups excluding tert-OH is 1. The highest BCUT2D eigenvalue weighted by Crippen LogP contribution is 2.52. The lowest BCUT2D eigenvalue weighted by Crippen LogP contribution is -2.68. The van der Waals surface area contributed by atoms with Gasteiger partial charge in [-0.05, 0) is 77.7 Å². The molecule has 3 aliphatic rings. The average Bonchev–Trinajstić information content (AvgIpc) is 2.79. The quantitative estimate of drug-likeness (QED) is 0.411. The maximum absolute atomic E-state index is 12.7. The topological polar surface area (TPSA) is 105 Å². The molecule has 0 amide bonds. The predicted molar refractivity (Wildman–Crippen MR) is 155 cm³/mol. The highest BCUT2D eigenvalue weighted by Gasteiger charge is 2.54. The molecule has 0 bridgehead atoms. The number of Topliss-reactive ketones (excluding diaryl/α,β-unsaturated/α-hetero) is 1. The molecule has 0 unspecified atom stereocenters. The van der Waals surface area contributed by atoms with Crippen LogP contribution < -0.4 is 15.4 Å². The van der Waals surface area contributed by atoms with Gasteiger partial charge in [-0.2, -0.15) is 0 Å². The van der Waals surface area contributed by atoms with Crippen molar-refractivity contribution in [2.75, 3.05) is 37.7 Å². The lowest BCUT2D eigenvalue weighted by molar-refractivity contribution is -0.111. The Morgan fingerprint density at radius 3 is 2.56 bits per heavy atom. The first-order valence-electron chi connectivity index (χ1n) is 14.1. The van der Waals surface area contributed by atoms with Crippen molar-refractivity contribution in [1.82, 2.24) is 14.9 Å². The molecule has 210 valence electrons. The first-order valence-corrected chi connectivity index (χ1v) is 14.4. The number of halogens is 1. The van der Waals surface area contributed by atoms with Crippen LogP contribution >= 0.6 is 11.6 Å². The fourth-order valence-corrected chi connectivity index (χ4v) is 6.46. The van der Waals surface area contributed by atoms with Crippen LogP contribution in [0.3, 0.4) is 0 Å². The highest BCUT2D eigenvalue weighted by atomic mass is 35.5. The number of carbonyl (C=O) groups is 1. The Bertz CT molecular complexity index is 1270. The minimum Gasteiger partial charge on any atom is -0.491 e. The van der Waals surface area contributed by atoms with Crippen LogP contribution in [0, 0.1) is 12.3 Å². The van der Waals surface area contributed by atoms with Gasteiger partial charge >= 0.3 is 0 Å². The van der Waals surface area contributed by atoms with Crippen LogP contribution in [-0.4, -0.2) is 70.7 Å². The molecule has 3 N–H and O–H groups in total. The number of nitrogens with zero attached hydrogens (tertiary/aromatic N) is 4. The molecule has 9 heteroatoms. The maximum atomic E-state index is 12.7. The monoisotopic (exact) mass is 553 g/mol. The zero-order chi connectivity index (χ0) is 27.9. The van der Waals surface area contributed by atoms with Gasteiger partial charge in [0, 0.05) is 41.4 Å². The second-order valence-corrected chi connectivity index (χ2v) is 12.1. The van der Waals surface area contributed by atoms with Gasteiger partial charge in [0.25, 0.3) is 0 Å². The smallest absolute Gasteiger partial charge is 0.163 e. The second-order valence-electron chi connectivity index (χ2n) is 11.7. The predicted octanol–water partition coefficient (Wildman–Crippen LogP) is 4.60. The van der Waals surface area contributed by atoms with Crippen molar-refractivity contribution in [3.05, 3.63) is 40.2 Å². The van der Waals surface area contributed by atoms with Gasteiger partial charge in [0.2, 0.25) is 0 Å². The van der Waals surface area contributed by atoms with Crippen LogP contribution in [0.2, 0.25) is 5.02 Å². The normalized spacial score (nSPS) is 20.1. The van der Waals surface area contributed by atoms with Crippen molar-refractivity contribution >= 4 is 28.8 Å². The third-order valence-electron chi connectivity index (χ3n) is 8.44. The summed E-state index contributed by atoms with van der Waals surface area (Å²) < 4.78 is 5.86. The number of allylic oxidation sites excluding steroid dienone is 2. The summed E-state index contributed by atoms with van der Waals surface area (Å²) in [6, 6.07) is 6.05. The summed E-state index contributed by atoms with van der Waals surface area (Å²) in [5.41, 5.74) is 9.36. The number of ketones is 1. The standard InChI is InChI=1S/C30H40ClN5O3/c1-5-7-22(38)15-39-23-8-9-25(31)24(12-23)28-33-27(26(19(3)32)20(4)37)18(2)29(34-28)36-16-30(17-36)13-21(14-30)35-10-6-11-35/h8-9,12,21-22,38H,5-7,10-11,13-17,32H2,1-4H3/t22-/m1/s1. The molecule has 2 aliphatic heterocycles. The Morgan fingerprint density at radius 2 is 1.97 bits per heavy atom. The summed E-state index contributed by atoms with van der Waals surface area (Å²) in [4.78, 5) is 27.4. The third kappa shape index (κ3) is 5.52. The number of likely N-dealkylation sites (tertiary alicyclic amines) is 1. The number of benzene rings is 1. The molecule has 3 heterocycles. The molecule has 8 nitrogen and oxygen atoms in total. The average molecular weight is 554 g/mol. The number of hydrogen-bond acceptors (Lipinski definition) is 8. The first kappa shape index (κ1) is 27.9. The van der Waals surface area contributed by atoms with Gasteiger partial charge in [-0.25, -0.2) is 9.97 Å². The van der Waals surface area contributed by atoms with E-state index in [1.165, 1.54) is 39.3 Å². The SMILES string of the molecule is CCC[C@@H](O)COc1ccc(Cl)c(-c2nc(C(C(C)=O)=C(C)N)c(C)c(N3CC4(CC(N5CCC5)C4)C3)n2)c1. The number of aliphatic hydroxyl groups is 1. The summed E-state index contributed by atoms with van der Waals surface area (Å²) in [7, 11) is 0. The van der Waals surface area contributed by atoms with Gasteiger partial charge < -0.3 is 25.4 Å². The Balaban J connectivity index is 1.47. The fourth-order valence-electron chi connectivity index (χ4n) is 6.26. The molecular formula is C30H40ClN5O3. The second kappa shape index (κ2) is 11.1. The van der Waals surface area contributed by atoms with E-state index in [9.17, 15) is 9.90 Å². The van der Waals surface area contributed by atoms with E-state index >= 15 is 0 Å². The van der Waals surface area contributed by atoms with Crippen LogP contribution in [0.15, 0.2) is 23.9 Å². The van der Waals surface area contributed by atoms with E-state index in [1.54, 1.807) is 25.1 Å². The molecule has 1 aromatic heterocycles. The Labute approximate surface area is 236 Å². The lowest BCUT2D eigenvalue weighted by atomic mass is 9.60. The maximum Gasteiger partial charge on any atom is 0.163 e. The molecule has 1 aliphatic carbocycles. The summed E-state index contributed by atoms with van der Waals surface area (Å²) in [6.07, 6.45) is 4.81. The summed E-state index contributed by atoms with van der Waals surface area (Å²) in [5.74, 6) is 1.67. The van der Waals surface area contributed by atoms with Crippen molar-refractivity contribution < 1.29 is 14.6 Å². The van der Waals surface area contributed by atoms with Gasteiger partial charge in [0.05, 0.1) is 22.4 Å². The van der Waals surface area contributed by atoms with Crippen molar-refractivity contribution in [2.45, 2.75) is 71.9 Å². The molecule has 0 radical (unpaired) electrons. The number of aromatic nitrogens is 2. The van der Waals surface area contributed by atoms with E-state index in [0.717, 1.165) is 36.9 Å². The van der Waals surface area contributed by atoms with E-state index in [0.29, 0.717) is 51.0 Å². The van der Waals surface area contributed by atoms with Crippen molar-refractivity contribution in [1.29, 1.82) is 0 Å². The molecule has 1 atom stereocenters. The van der Waals surface area contributed by atoms with Crippen LogP contribution in [0.4, 0.5) is 5.82 Å². The molecule has 1 aromatic carbocycles. The van der Waals surface area contributed by atoms with Gasteiger partial charge in [0.15, 0.2) is 11.6 Å². The molecule has 2 aromatic rings. The van der Waals surface area contributed by atoms with Gasteiger partial charge in [-0.3, -0.25) is 4.79 Å². The van der Waals surface area contributed by atoms with E-state index in [4.69, 9.17) is 32.0 Å². The van der Waals surface area contributed by atoms with Gasteiger partial charge in [-0.1, -0.05) is 24.9 Å². The molecule has 5 rings (SSSR count). The largest absolute Gasteiger partial charge is 0.491 e. The van der Waals surface area contributed by atoms with Gasteiger partial charge in [-0.15, -0.1) is 0 Å². The molecule has 1 saturated carbocycles. The summed E-state index contributed by atoms with van der Waals surface area (Å²) >= 11 is 6.65. The zero-order valence-electron chi connectivity index (χ0n) is 23.5.